The Morgan fingerprint density at radius 3 is 2.50 bits per heavy atom. The summed E-state index contributed by atoms with van der Waals surface area (Å²) in [5.41, 5.74) is 0. The first-order valence-corrected chi connectivity index (χ1v) is 1.43. The van der Waals surface area contributed by atoms with Gasteiger partial charge in [0.1, 0.15) is 0 Å². The van der Waals surface area contributed by atoms with Crippen LogP contribution in [0.2, 0.25) is 0 Å². The van der Waals surface area contributed by atoms with E-state index in [1.807, 2.05) is 0 Å². The molecule has 1 N–H and O–H groups in total. The number of carbonyl (C=O) groups is 1. The van der Waals surface area contributed by atoms with Gasteiger partial charge < -0.3 is 5.32 Å². The van der Waals surface area contributed by atoms with Gasteiger partial charge in [0.2, 0.25) is 0 Å². The van der Waals surface area contributed by atoms with Crippen molar-refractivity contribution in [3.05, 3.63) is 0 Å². The predicted molar refractivity (Wildman–Crippen MR) is 19.7 cm³/mol. The van der Waals surface area contributed by atoms with Gasteiger partial charge in [-0.2, -0.15) is 5.26 Å². The van der Waals surface area contributed by atoms with Gasteiger partial charge in [-0.05, 0) is 0 Å². The molecule has 3 nitrogen and oxygen atoms in total. The van der Waals surface area contributed by atoms with Crippen LogP contribution in [0.25, 0.3) is 0 Å². The minimum atomic E-state index is -0.602. The lowest BCUT2D eigenvalue weighted by Crippen LogP contribution is -2.13. The highest BCUT2D eigenvalue weighted by atomic mass is 16.1. The van der Waals surface area contributed by atoms with Gasteiger partial charge in [0.05, 0.1) is 0 Å². The molecule has 0 atom stereocenters. The first-order chi connectivity index (χ1) is 2.81. The number of amides is 1. The fraction of sp³-hybridized carbons (Fsp3) is 0.333. The quantitative estimate of drug-likeness (QED) is 0.393. The van der Waals surface area contributed by atoms with Crippen molar-refractivity contribution in [2.45, 2.75) is 0 Å². The van der Waals surface area contributed by atoms with Crippen molar-refractivity contribution >= 4 is 5.91 Å². The van der Waals surface area contributed by atoms with E-state index in [9.17, 15) is 4.79 Å². The standard InChI is InChI=1S/C3H4N2O/c1-5-3(6)2-4/h1H3,(H,5,6). The molecule has 0 aromatic carbocycles. The summed E-state index contributed by atoms with van der Waals surface area (Å²) in [5.74, 6) is -0.602. The Labute approximate surface area is 35.6 Å². The highest BCUT2D eigenvalue weighted by Gasteiger charge is 1.84. The summed E-state index contributed by atoms with van der Waals surface area (Å²) in [4.78, 5) is 9.71. The van der Waals surface area contributed by atoms with E-state index >= 15 is 0 Å². The predicted octanol–water partition coefficient (Wildman–Crippen LogP) is -0.744. The first kappa shape index (κ1) is 4.96. The molecule has 0 saturated carbocycles. The molecular formula is C3H4N2O. The Morgan fingerprint density at radius 1 is 2.00 bits per heavy atom. The van der Waals surface area contributed by atoms with Crippen LogP contribution in [-0.2, 0) is 4.79 Å². The molecule has 0 aliphatic rings. The third-order valence-corrected chi connectivity index (χ3v) is 0.329. The summed E-state index contributed by atoms with van der Waals surface area (Å²) < 4.78 is 0. The molecule has 6 heavy (non-hydrogen) atoms. The number of nitrogens with one attached hydrogen (secondary N) is 1. The molecule has 0 spiro atoms. The average Bonchev–Trinajstić information content (AvgIpc) is 1.65. The number of rotatable bonds is 0. The zero-order valence-electron chi connectivity index (χ0n) is 3.36. The number of hydrogen-bond acceptors (Lipinski definition) is 2. The van der Waals surface area contributed by atoms with Crippen LogP contribution in [0, 0.1) is 11.3 Å². The van der Waals surface area contributed by atoms with E-state index < -0.39 is 5.91 Å². The lowest BCUT2D eigenvalue weighted by Gasteiger charge is -1.76. The maximum Gasteiger partial charge on any atom is 0.322 e. The Kier molecular flexibility index (Phi) is 1.83. The van der Waals surface area contributed by atoms with E-state index in [0.717, 1.165) is 0 Å². The molecule has 1 amide bonds. The summed E-state index contributed by atoms with van der Waals surface area (Å²) in [7, 11) is 1.41. The Balaban J connectivity index is 3.33. The molecule has 0 bridgehead atoms. The molecule has 32 valence electrons. The van der Waals surface area contributed by atoms with Crippen LogP contribution in [0.3, 0.4) is 0 Å². The van der Waals surface area contributed by atoms with Gasteiger partial charge in [-0.25, -0.2) is 0 Å². The normalized spacial score (nSPS) is 6.00. The van der Waals surface area contributed by atoms with Gasteiger partial charge in [-0.1, -0.05) is 0 Å². The molecule has 0 unspecified atom stereocenters. The fourth-order valence-corrected chi connectivity index (χ4v) is 0.0559. The van der Waals surface area contributed by atoms with E-state index in [1.165, 1.54) is 13.1 Å². The summed E-state index contributed by atoms with van der Waals surface area (Å²) >= 11 is 0. The monoisotopic (exact) mass is 84.0 g/mol. The number of nitriles is 1. The smallest absolute Gasteiger partial charge is 0.322 e. The van der Waals surface area contributed by atoms with E-state index in [-0.39, 0.29) is 0 Å². The van der Waals surface area contributed by atoms with Crippen molar-refractivity contribution in [3.8, 4) is 6.07 Å². The van der Waals surface area contributed by atoms with Crippen LogP contribution >= 0.6 is 0 Å². The summed E-state index contributed by atoms with van der Waals surface area (Å²) in [5, 5.41) is 9.79. The molecule has 0 saturated heterocycles. The minimum absolute atomic E-state index is 0.602. The molecule has 0 aromatic heterocycles. The molecule has 0 fully saturated rings. The Bertz CT molecular complexity index is 91.5. The van der Waals surface area contributed by atoms with Crippen molar-refractivity contribution in [2.75, 3.05) is 7.05 Å². The maximum atomic E-state index is 9.71. The lowest BCUT2D eigenvalue weighted by atomic mass is 10.7. The molecule has 0 radical (unpaired) electrons. The zero-order chi connectivity index (χ0) is 4.99. The summed E-state index contributed by atoms with van der Waals surface area (Å²) in [6.45, 7) is 0. The van der Waals surface area contributed by atoms with Crippen molar-refractivity contribution < 1.29 is 4.79 Å². The van der Waals surface area contributed by atoms with Crippen LogP contribution in [0.15, 0.2) is 0 Å². The largest absolute Gasteiger partial charge is 0.347 e. The molecule has 0 aliphatic heterocycles. The molecule has 0 heterocycles. The summed E-state index contributed by atoms with van der Waals surface area (Å²) in [6, 6.07) is 1.36. The number of nitrogens with zero attached hydrogens (tertiary/aromatic N) is 1. The average molecular weight is 84.1 g/mol. The second-order valence-electron chi connectivity index (χ2n) is 0.691. The van der Waals surface area contributed by atoms with Gasteiger partial charge in [0.25, 0.3) is 0 Å². The van der Waals surface area contributed by atoms with Crippen LogP contribution in [-0.4, -0.2) is 13.0 Å². The van der Waals surface area contributed by atoms with Crippen molar-refractivity contribution in [1.82, 2.24) is 5.32 Å². The number of carbonyl (C=O) groups excluding carboxylic acids is 1. The molecule has 0 aliphatic carbocycles. The molecular weight excluding hydrogens is 80.0 g/mol. The Morgan fingerprint density at radius 2 is 2.50 bits per heavy atom. The lowest BCUT2D eigenvalue weighted by molar-refractivity contribution is -0.115. The van der Waals surface area contributed by atoms with E-state index in [0.29, 0.717) is 0 Å². The van der Waals surface area contributed by atoms with E-state index in [4.69, 9.17) is 5.26 Å². The Hall–Kier alpha value is -1.04. The SMILES string of the molecule is CNC(=O)C#N. The van der Waals surface area contributed by atoms with Gasteiger partial charge in [0.15, 0.2) is 6.07 Å². The van der Waals surface area contributed by atoms with Crippen LogP contribution in [0.5, 0.6) is 0 Å². The topological polar surface area (TPSA) is 52.9 Å². The third kappa shape index (κ3) is 1.30. The van der Waals surface area contributed by atoms with Gasteiger partial charge >= 0.3 is 5.91 Å². The highest BCUT2D eigenvalue weighted by Crippen LogP contribution is 1.47. The zero-order valence-corrected chi connectivity index (χ0v) is 3.36. The fourth-order valence-electron chi connectivity index (χ4n) is 0.0559. The third-order valence-electron chi connectivity index (χ3n) is 0.329. The van der Waals surface area contributed by atoms with Gasteiger partial charge in [-0.3, -0.25) is 4.79 Å². The second-order valence-corrected chi connectivity index (χ2v) is 0.691. The highest BCUT2D eigenvalue weighted by molar-refractivity contribution is 5.90. The summed E-state index contributed by atoms with van der Waals surface area (Å²) in [6.07, 6.45) is 0. The van der Waals surface area contributed by atoms with Crippen molar-refractivity contribution in [1.29, 1.82) is 5.26 Å². The minimum Gasteiger partial charge on any atom is -0.347 e. The van der Waals surface area contributed by atoms with Crippen LogP contribution in [0.1, 0.15) is 0 Å². The van der Waals surface area contributed by atoms with Crippen LogP contribution in [0.4, 0.5) is 0 Å². The van der Waals surface area contributed by atoms with Gasteiger partial charge in [-0.15, -0.1) is 0 Å². The van der Waals surface area contributed by atoms with Crippen molar-refractivity contribution in [2.24, 2.45) is 0 Å². The first-order valence-electron chi connectivity index (χ1n) is 1.43. The maximum absolute atomic E-state index is 9.71. The second kappa shape index (κ2) is 2.21. The number of hydrogen-bond donors (Lipinski definition) is 1. The molecule has 0 aromatic rings. The molecule has 0 rings (SSSR count). The van der Waals surface area contributed by atoms with Crippen LogP contribution < -0.4 is 5.32 Å². The molecule has 3 heteroatoms. The van der Waals surface area contributed by atoms with E-state index in [2.05, 4.69) is 5.32 Å². The van der Waals surface area contributed by atoms with Gasteiger partial charge in [0, 0.05) is 7.05 Å². The van der Waals surface area contributed by atoms with Crippen molar-refractivity contribution in [3.63, 3.8) is 0 Å². The van der Waals surface area contributed by atoms with E-state index in [1.54, 1.807) is 0 Å².